The number of nitrogens with zero attached hydrogens (tertiary/aromatic N) is 2. The van der Waals surface area contributed by atoms with E-state index in [2.05, 4.69) is 9.38 Å². The van der Waals surface area contributed by atoms with Crippen LogP contribution in [-0.4, -0.2) is 9.38 Å². The van der Waals surface area contributed by atoms with E-state index >= 15 is 0 Å². The van der Waals surface area contributed by atoms with Crippen molar-refractivity contribution in [2.24, 2.45) is 0 Å². The van der Waals surface area contributed by atoms with E-state index < -0.39 is 0 Å². The van der Waals surface area contributed by atoms with Crippen LogP contribution in [0.15, 0.2) is 85.2 Å². The average Bonchev–Trinajstić information content (AvgIpc) is 3.23. The number of hydrogen-bond acceptors (Lipinski definition) is 2. The molecular formula is C30H30Cl2FN3. The maximum Gasteiger partial charge on any atom is 0.131 e. The summed E-state index contributed by atoms with van der Waals surface area (Å²) in [7, 11) is 0. The topological polar surface area (TPSA) is 43.3 Å². The number of hydrogen-bond donors (Lipinski definition) is 1. The summed E-state index contributed by atoms with van der Waals surface area (Å²) in [5.74, 6) is 0.573. The molecule has 3 heterocycles. The molecule has 0 fully saturated rings. The minimum atomic E-state index is -0.270. The highest BCUT2D eigenvalue weighted by Crippen LogP contribution is 2.44. The number of nitrogen functional groups attached to an aromatic ring is 1. The SMILES string of the molecule is CC.CC.Nc1ncccc1-c1c(Cl)c2ccc(-c3ccc(F)cc3)cn2c1-c1ccc(CCl)cc1. The quantitative estimate of drug-likeness (QED) is 0.239. The van der Waals surface area contributed by atoms with Crippen molar-refractivity contribution in [3.8, 4) is 33.5 Å². The van der Waals surface area contributed by atoms with E-state index in [4.69, 9.17) is 28.9 Å². The third-order valence-electron chi connectivity index (χ3n) is 5.54. The van der Waals surface area contributed by atoms with Crippen LogP contribution < -0.4 is 5.73 Å². The van der Waals surface area contributed by atoms with Crippen LogP contribution in [0.4, 0.5) is 10.2 Å². The molecule has 0 atom stereocenters. The minimum Gasteiger partial charge on any atom is -0.383 e. The molecule has 6 heteroatoms. The Labute approximate surface area is 222 Å². The largest absolute Gasteiger partial charge is 0.383 e. The van der Waals surface area contributed by atoms with Crippen LogP contribution in [0.2, 0.25) is 5.02 Å². The van der Waals surface area contributed by atoms with Gasteiger partial charge in [0.15, 0.2) is 0 Å². The molecule has 0 aliphatic heterocycles. The van der Waals surface area contributed by atoms with Crippen LogP contribution in [0.1, 0.15) is 33.3 Å². The Balaban J connectivity index is 0.000000861. The van der Waals surface area contributed by atoms with Crippen LogP contribution in [0.3, 0.4) is 0 Å². The zero-order valence-corrected chi connectivity index (χ0v) is 22.4. The second kappa shape index (κ2) is 12.6. The van der Waals surface area contributed by atoms with E-state index in [1.54, 1.807) is 18.3 Å². The van der Waals surface area contributed by atoms with E-state index in [0.29, 0.717) is 16.7 Å². The summed E-state index contributed by atoms with van der Waals surface area (Å²) in [6, 6.07) is 22.2. The predicted molar refractivity (Wildman–Crippen MR) is 153 cm³/mol. The number of fused-ring (bicyclic) bond motifs is 1. The lowest BCUT2D eigenvalue weighted by Gasteiger charge is -2.11. The van der Waals surface area contributed by atoms with Crippen molar-refractivity contribution in [2.45, 2.75) is 33.6 Å². The number of halogens is 3. The van der Waals surface area contributed by atoms with Gasteiger partial charge in [-0.3, -0.25) is 0 Å². The van der Waals surface area contributed by atoms with Crippen molar-refractivity contribution in [2.75, 3.05) is 5.73 Å². The lowest BCUT2D eigenvalue weighted by molar-refractivity contribution is 0.628. The van der Waals surface area contributed by atoms with Crippen LogP contribution in [0.5, 0.6) is 0 Å². The van der Waals surface area contributed by atoms with Gasteiger partial charge in [-0.25, -0.2) is 9.37 Å². The Morgan fingerprint density at radius 3 is 2.06 bits per heavy atom. The van der Waals surface area contributed by atoms with Crippen molar-refractivity contribution < 1.29 is 4.39 Å². The molecular weight excluding hydrogens is 492 g/mol. The fraction of sp³-hybridized carbons (Fsp3) is 0.167. The van der Waals surface area contributed by atoms with Gasteiger partial charge < -0.3 is 10.1 Å². The van der Waals surface area contributed by atoms with E-state index in [9.17, 15) is 4.39 Å². The summed E-state index contributed by atoms with van der Waals surface area (Å²) in [5, 5.41) is 0.590. The van der Waals surface area contributed by atoms with Gasteiger partial charge in [0, 0.05) is 29.4 Å². The van der Waals surface area contributed by atoms with Crippen molar-refractivity contribution in [3.05, 3.63) is 102 Å². The van der Waals surface area contributed by atoms with Crippen molar-refractivity contribution in [1.29, 1.82) is 0 Å². The molecule has 36 heavy (non-hydrogen) atoms. The van der Waals surface area contributed by atoms with Crippen LogP contribution in [-0.2, 0) is 5.88 Å². The van der Waals surface area contributed by atoms with Crippen molar-refractivity contribution >= 4 is 34.5 Å². The van der Waals surface area contributed by atoms with Crippen molar-refractivity contribution in [3.63, 3.8) is 0 Å². The Hall–Kier alpha value is -3.34. The molecule has 3 aromatic heterocycles. The number of alkyl halides is 1. The van der Waals surface area contributed by atoms with Gasteiger partial charge in [0.1, 0.15) is 11.6 Å². The van der Waals surface area contributed by atoms with Gasteiger partial charge in [0.05, 0.1) is 16.2 Å². The fourth-order valence-electron chi connectivity index (χ4n) is 3.94. The van der Waals surface area contributed by atoms with Gasteiger partial charge in [0.25, 0.3) is 0 Å². The number of rotatable bonds is 4. The molecule has 0 bridgehead atoms. The first-order chi connectivity index (χ1) is 17.6. The molecule has 0 unspecified atom stereocenters. The third-order valence-corrected chi connectivity index (χ3v) is 6.23. The first-order valence-electron chi connectivity index (χ1n) is 12.0. The maximum absolute atomic E-state index is 13.4. The summed E-state index contributed by atoms with van der Waals surface area (Å²) in [5.41, 5.74) is 13.4. The number of aromatic nitrogens is 2. The summed E-state index contributed by atoms with van der Waals surface area (Å²) >= 11 is 12.9. The molecule has 5 rings (SSSR count). The van der Waals surface area contributed by atoms with Gasteiger partial charge >= 0.3 is 0 Å². The summed E-state index contributed by atoms with van der Waals surface area (Å²) in [4.78, 5) is 4.26. The monoisotopic (exact) mass is 521 g/mol. The van der Waals surface area contributed by atoms with Gasteiger partial charge in [-0.1, -0.05) is 81.8 Å². The highest BCUT2D eigenvalue weighted by molar-refractivity contribution is 6.38. The highest BCUT2D eigenvalue weighted by Gasteiger charge is 2.22. The van der Waals surface area contributed by atoms with Crippen LogP contribution >= 0.6 is 23.2 Å². The molecule has 2 aromatic carbocycles. The molecule has 2 N–H and O–H groups in total. The van der Waals surface area contributed by atoms with Crippen LogP contribution in [0.25, 0.3) is 39.0 Å². The van der Waals surface area contributed by atoms with E-state index in [1.807, 2.05) is 82.4 Å². The molecule has 0 aliphatic rings. The smallest absolute Gasteiger partial charge is 0.131 e. The number of pyridine rings is 2. The van der Waals surface area contributed by atoms with E-state index in [1.165, 1.54) is 12.1 Å². The molecule has 0 radical (unpaired) electrons. The van der Waals surface area contributed by atoms with Gasteiger partial charge in [-0.2, -0.15) is 0 Å². The Bertz CT molecular complexity index is 1430. The second-order valence-electron chi connectivity index (χ2n) is 7.48. The maximum atomic E-state index is 13.4. The molecule has 0 saturated heterocycles. The molecule has 186 valence electrons. The zero-order valence-electron chi connectivity index (χ0n) is 20.9. The molecule has 0 aliphatic carbocycles. The predicted octanol–water partition coefficient (Wildman–Crippen LogP) is 9.50. The second-order valence-corrected chi connectivity index (χ2v) is 8.13. The average molecular weight is 522 g/mol. The summed E-state index contributed by atoms with van der Waals surface area (Å²) in [6.07, 6.45) is 3.67. The first kappa shape index (κ1) is 27.3. The normalized spacial score (nSPS) is 10.3. The number of nitrogens with two attached hydrogens (primary N) is 1. The Morgan fingerprint density at radius 2 is 1.44 bits per heavy atom. The van der Waals surface area contributed by atoms with Gasteiger partial charge in [-0.05, 0) is 52.6 Å². The standard InChI is InChI=1S/C26H18Cl2FN3.2C2H6/c27-14-16-3-5-18(6-4-16)25-23(21-2-1-13-31-26(21)30)24(28)22-12-9-19(15-32(22)25)17-7-10-20(29)11-8-17;2*1-2/h1-13,15H,14H2,(H2,30,31);2*1-2H3. The fourth-order valence-corrected chi connectivity index (χ4v) is 4.46. The van der Waals surface area contributed by atoms with Crippen molar-refractivity contribution in [1.82, 2.24) is 9.38 Å². The minimum absolute atomic E-state index is 0.270. The molecule has 0 spiro atoms. The Kier molecular flexibility index (Phi) is 9.51. The lowest BCUT2D eigenvalue weighted by atomic mass is 10.0. The first-order valence-corrected chi connectivity index (χ1v) is 12.9. The van der Waals surface area contributed by atoms with Crippen LogP contribution in [0, 0.1) is 5.82 Å². The number of anilines is 1. The van der Waals surface area contributed by atoms with E-state index in [-0.39, 0.29) is 5.82 Å². The molecule has 5 aromatic rings. The van der Waals surface area contributed by atoms with Gasteiger partial charge in [0.2, 0.25) is 0 Å². The zero-order chi connectivity index (χ0) is 26.2. The lowest BCUT2D eigenvalue weighted by Crippen LogP contribution is -1.95. The molecule has 0 saturated carbocycles. The number of benzene rings is 2. The molecule has 0 amide bonds. The summed E-state index contributed by atoms with van der Waals surface area (Å²) in [6.45, 7) is 8.00. The molecule has 3 nitrogen and oxygen atoms in total. The third kappa shape index (κ3) is 5.40. The Morgan fingerprint density at radius 1 is 0.833 bits per heavy atom. The summed E-state index contributed by atoms with van der Waals surface area (Å²) < 4.78 is 15.5. The van der Waals surface area contributed by atoms with Gasteiger partial charge in [-0.15, -0.1) is 11.6 Å². The highest BCUT2D eigenvalue weighted by atomic mass is 35.5. The van der Waals surface area contributed by atoms with E-state index in [0.717, 1.165) is 44.6 Å².